The number of amides is 1. The molecule has 2 aliphatic heterocycles. The summed E-state index contributed by atoms with van der Waals surface area (Å²) < 4.78 is 35.5. The number of aryl methyl sites for hydroxylation is 1. The molecule has 4 aliphatic rings. The molecule has 2 aromatic carbocycles. The maximum absolute atomic E-state index is 13.6. The maximum atomic E-state index is 13.6. The molecule has 2 heterocycles. The van der Waals surface area contributed by atoms with E-state index in [4.69, 9.17) is 16.3 Å². The molecule has 1 saturated carbocycles. The summed E-state index contributed by atoms with van der Waals surface area (Å²) in [5.74, 6) is 0.161. The second-order valence-electron chi connectivity index (χ2n) is 13.3. The van der Waals surface area contributed by atoms with E-state index >= 15 is 0 Å². The van der Waals surface area contributed by atoms with E-state index in [0.717, 1.165) is 42.8 Å². The number of benzene rings is 2. The van der Waals surface area contributed by atoms with Crippen LogP contribution in [0.15, 0.2) is 36.4 Å². The van der Waals surface area contributed by atoms with Crippen LogP contribution in [0.5, 0.6) is 5.75 Å². The monoisotopic (exact) mass is 627 g/mol. The van der Waals surface area contributed by atoms with Gasteiger partial charge in [0.25, 0.3) is 5.91 Å². The lowest BCUT2D eigenvalue weighted by Gasteiger charge is -2.44. The third-order valence-corrected chi connectivity index (χ3v) is 12.8. The molecule has 0 radical (unpaired) electrons. The number of sulfonamides is 1. The fraction of sp³-hybridized carbons (Fsp3) is 0.576. The molecular formula is C33H42ClN3O5S. The van der Waals surface area contributed by atoms with Crippen LogP contribution in [0.25, 0.3) is 0 Å². The van der Waals surface area contributed by atoms with Crippen molar-refractivity contribution in [3.8, 4) is 5.75 Å². The number of ether oxygens (including phenoxy) is 1. The van der Waals surface area contributed by atoms with Crippen molar-refractivity contribution in [1.29, 1.82) is 0 Å². The first-order chi connectivity index (χ1) is 20.5. The van der Waals surface area contributed by atoms with E-state index in [2.05, 4.69) is 27.1 Å². The number of rotatable bonds is 1. The molecule has 1 spiro atoms. The Bertz CT molecular complexity index is 1530. The van der Waals surface area contributed by atoms with Crippen molar-refractivity contribution >= 4 is 39.0 Å². The van der Waals surface area contributed by atoms with Gasteiger partial charge in [-0.25, -0.2) is 13.1 Å². The van der Waals surface area contributed by atoms with Crippen LogP contribution in [0.3, 0.4) is 0 Å². The third kappa shape index (κ3) is 5.80. The molecule has 8 nitrogen and oxygen atoms in total. The quantitative estimate of drug-likeness (QED) is 0.465. The summed E-state index contributed by atoms with van der Waals surface area (Å²) in [6.45, 7) is 5.31. The highest BCUT2D eigenvalue weighted by atomic mass is 35.5. The van der Waals surface area contributed by atoms with Crippen molar-refractivity contribution in [2.45, 2.75) is 75.5 Å². The van der Waals surface area contributed by atoms with Crippen LogP contribution < -0.4 is 19.7 Å². The summed E-state index contributed by atoms with van der Waals surface area (Å²) in [7, 11) is -2.14. The highest BCUT2D eigenvalue weighted by molar-refractivity contribution is 7.90. The molecule has 0 aromatic heterocycles. The van der Waals surface area contributed by atoms with Gasteiger partial charge in [-0.1, -0.05) is 24.6 Å². The van der Waals surface area contributed by atoms with Crippen molar-refractivity contribution < 1.29 is 22.7 Å². The molecule has 232 valence electrons. The minimum absolute atomic E-state index is 0.0345. The molecule has 43 heavy (non-hydrogen) atoms. The molecule has 6 rings (SSSR count). The SMILES string of the molecule is CN[C@@H]1CC(=O)[C@@H]2CC[C@H]2CN2C[C@@]3(CCCc4cc(Cl)ccc43)COc3ccc(cc32)C(=O)NS(=O)(=O)[C@H](C)[C@@H](C)C1. The van der Waals surface area contributed by atoms with Crippen molar-refractivity contribution in [3.63, 3.8) is 0 Å². The number of nitrogens with one attached hydrogen (secondary N) is 2. The molecule has 2 aromatic rings. The lowest BCUT2D eigenvalue weighted by Crippen LogP contribution is -2.49. The molecule has 1 amide bonds. The van der Waals surface area contributed by atoms with E-state index in [0.29, 0.717) is 38.3 Å². The van der Waals surface area contributed by atoms with Gasteiger partial charge in [0.2, 0.25) is 10.0 Å². The number of nitrogens with zero attached hydrogens (tertiary/aromatic N) is 1. The van der Waals surface area contributed by atoms with E-state index < -0.39 is 21.2 Å². The predicted molar refractivity (Wildman–Crippen MR) is 169 cm³/mol. The Morgan fingerprint density at radius 2 is 1.93 bits per heavy atom. The number of fused-ring (bicyclic) bond motifs is 4. The number of anilines is 1. The molecule has 2 N–H and O–H groups in total. The largest absolute Gasteiger partial charge is 0.490 e. The molecule has 2 aliphatic carbocycles. The van der Waals surface area contributed by atoms with Gasteiger partial charge in [0.1, 0.15) is 11.5 Å². The first kappa shape index (κ1) is 30.4. The summed E-state index contributed by atoms with van der Waals surface area (Å²) in [4.78, 5) is 29.3. The molecule has 0 unspecified atom stereocenters. The first-order valence-corrected chi connectivity index (χ1v) is 17.5. The zero-order valence-corrected chi connectivity index (χ0v) is 26.8. The average molecular weight is 628 g/mol. The second-order valence-corrected chi connectivity index (χ2v) is 15.8. The van der Waals surface area contributed by atoms with Crippen LogP contribution in [0, 0.1) is 17.8 Å². The highest BCUT2D eigenvalue weighted by Gasteiger charge is 2.45. The first-order valence-electron chi connectivity index (χ1n) is 15.6. The summed E-state index contributed by atoms with van der Waals surface area (Å²) in [5, 5.41) is 3.16. The van der Waals surface area contributed by atoms with Gasteiger partial charge in [0, 0.05) is 47.5 Å². The summed E-state index contributed by atoms with van der Waals surface area (Å²) in [6, 6.07) is 11.2. The van der Waals surface area contributed by atoms with Gasteiger partial charge >= 0.3 is 0 Å². The Balaban J connectivity index is 1.42. The Morgan fingerprint density at radius 1 is 1.12 bits per heavy atom. The molecule has 6 atom stereocenters. The van der Waals surface area contributed by atoms with Crippen LogP contribution >= 0.6 is 11.6 Å². The standard InChI is InChI=1S/C33H42ClN3O5S/c1-20-13-26(35-3)16-30(38)27-9-6-24(27)17-37-18-33(12-4-5-22-14-25(34)8-10-28(22)33)19-42-31-11-7-23(15-29(31)37)32(39)36-43(40,41)21(20)2/h7-8,10-11,14-15,20-21,24,26-27,35H,4-6,9,12-13,16-19H2,1-3H3,(H,36,39)/t20-,21+,24-,26-,27+,33-/m0/s1. The Labute approximate surface area is 259 Å². The van der Waals surface area contributed by atoms with Crippen molar-refractivity contribution in [1.82, 2.24) is 10.0 Å². The minimum Gasteiger partial charge on any atom is -0.490 e. The smallest absolute Gasteiger partial charge is 0.264 e. The van der Waals surface area contributed by atoms with E-state index in [1.807, 2.05) is 20.0 Å². The van der Waals surface area contributed by atoms with Crippen LogP contribution in [-0.4, -0.2) is 58.1 Å². The van der Waals surface area contributed by atoms with Crippen LogP contribution in [0.2, 0.25) is 5.02 Å². The van der Waals surface area contributed by atoms with Crippen molar-refractivity contribution in [3.05, 3.63) is 58.1 Å². The van der Waals surface area contributed by atoms with Gasteiger partial charge in [-0.05, 0) is 106 Å². The number of Topliss-reactive ketones (excluding diaryl/α,β-unsaturated/α-hetero) is 1. The zero-order chi connectivity index (χ0) is 30.5. The van der Waals surface area contributed by atoms with Crippen LogP contribution in [0.1, 0.15) is 73.9 Å². The summed E-state index contributed by atoms with van der Waals surface area (Å²) >= 11 is 6.39. The minimum atomic E-state index is -3.96. The van der Waals surface area contributed by atoms with E-state index in [1.54, 1.807) is 25.1 Å². The van der Waals surface area contributed by atoms with E-state index in [-0.39, 0.29) is 40.6 Å². The number of hydrogen-bond donors (Lipinski definition) is 2. The normalized spacial score (nSPS) is 32.5. The van der Waals surface area contributed by atoms with Gasteiger partial charge < -0.3 is 15.0 Å². The predicted octanol–water partition coefficient (Wildman–Crippen LogP) is 4.87. The fourth-order valence-electron chi connectivity index (χ4n) is 7.67. The third-order valence-electron chi connectivity index (χ3n) is 10.6. The highest BCUT2D eigenvalue weighted by Crippen LogP contribution is 2.46. The summed E-state index contributed by atoms with van der Waals surface area (Å²) in [5.41, 5.74) is 3.24. The molecular weight excluding hydrogens is 586 g/mol. The number of ketones is 1. The van der Waals surface area contributed by atoms with Crippen LogP contribution in [0.4, 0.5) is 5.69 Å². The molecule has 0 saturated heterocycles. The topological polar surface area (TPSA) is 105 Å². The van der Waals surface area contributed by atoms with Crippen molar-refractivity contribution in [2.24, 2.45) is 17.8 Å². The number of halogens is 1. The number of hydrogen-bond acceptors (Lipinski definition) is 7. The Hall–Kier alpha value is -2.62. The number of carbonyl (C=O) groups is 2. The lowest BCUT2D eigenvalue weighted by atomic mass is 9.68. The summed E-state index contributed by atoms with van der Waals surface area (Å²) in [6.07, 6.45) is 5.65. The molecule has 1 fully saturated rings. The average Bonchev–Trinajstić information content (AvgIpc) is 3.10. The van der Waals surface area contributed by atoms with Gasteiger partial charge in [-0.3, -0.25) is 9.59 Å². The fourth-order valence-corrected chi connectivity index (χ4v) is 9.15. The molecule has 2 bridgehead atoms. The van der Waals surface area contributed by atoms with Gasteiger partial charge in [-0.15, -0.1) is 0 Å². The number of carbonyl (C=O) groups excluding carboxylic acids is 2. The van der Waals surface area contributed by atoms with Gasteiger partial charge in [-0.2, -0.15) is 0 Å². The van der Waals surface area contributed by atoms with Crippen molar-refractivity contribution in [2.75, 3.05) is 31.6 Å². The van der Waals surface area contributed by atoms with E-state index in [9.17, 15) is 18.0 Å². The van der Waals surface area contributed by atoms with Gasteiger partial charge in [0.15, 0.2) is 0 Å². The van der Waals surface area contributed by atoms with Gasteiger partial charge in [0.05, 0.1) is 17.5 Å². The maximum Gasteiger partial charge on any atom is 0.264 e. The van der Waals surface area contributed by atoms with Crippen LogP contribution in [-0.2, 0) is 26.7 Å². The second kappa shape index (κ2) is 11.7. The zero-order valence-electron chi connectivity index (χ0n) is 25.2. The molecule has 10 heteroatoms. The Morgan fingerprint density at radius 3 is 2.67 bits per heavy atom. The lowest BCUT2D eigenvalue weighted by molar-refractivity contribution is -0.128. The van der Waals surface area contributed by atoms with E-state index in [1.165, 1.54) is 11.1 Å². The Kier molecular flexibility index (Phi) is 8.28.